The number of nitrogens with one attached hydrogen (secondary N) is 2. The van der Waals surface area contributed by atoms with E-state index in [0.717, 1.165) is 68.2 Å². The zero-order valence-corrected chi connectivity index (χ0v) is 38.7. The normalized spacial score (nSPS) is 17.1. The van der Waals surface area contributed by atoms with Crippen LogP contribution in [0, 0.1) is 22.0 Å². The first kappa shape index (κ1) is 46.5. The molecule has 5 aromatic rings. The average molecular weight is 943 g/mol. The number of piperidine rings is 1. The Morgan fingerprint density at radius 3 is 2.39 bits per heavy atom. The summed E-state index contributed by atoms with van der Waals surface area (Å²) in [5.74, 6) is -0.485. The highest BCUT2D eigenvalue weighted by atomic mass is 35.5. The van der Waals surface area contributed by atoms with E-state index in [2.05, 4.69) is 52.7 Å². The largest absolute Gasteiger partial charge is 0.483 e. The highest BCUT2D eigenvalue weighted by molar-refractivity contribution is 7.90. The zero-order chi connectivity index (χ0) is 46.8. The number of hydrogen-bond acceptors (Lipinski definition) is 11. The predicted octanol–water partition coefficient (Wildman–Crippen LogP) is 8.80. The molecule has 3 aliphatic rings. The number of ether oxygens (including phenoxy) is 2. The van der Waals surface area contributed by atoms with Crippen molar-refractivity contribution >= 4 is 61.4 Å². The lowest BCUT2D eigenvalue weighted by molar-refractivity contribution is -0.386. The number of benzene rings is 3. The van der Waals surface area contributed by atoms with Crippen molar-refractivity contribution < 1.29 is 36.8 Å². The van der Waals surface area contributed by atoms with Crippen LogP contribution in [0.4, 0.5) is 15.8 Å². The Morgan fingerprint density at radius 2 is 1.71 bits per heavy atom. The maximum absolute atomic E-state index is 15.7. The van der Waals surface area contributed by atoms with Crippen molar-refractivity contribution in [1.82, 2.24) is 24.5 Å². The van der Waals surface area contributed by atoms with E-state index in [1.165, 1.54) is 29.0 Å². The van der Waals surface area contributed by atoms with Crippen molar-refractivity contribution in [2.45, 2.75) is 63.4 Å². The molecule has 4 heterocycles. The molecular weight excluding hydrogens is 889 g/mol. The molecule has 2 aromatic heterocycles. The van der Waals surface area contributed by atoms with Crippen LogP contribution in [-0.2, 0) is 14.8 Å². The number of nitro benzene ring substituents is 1. The number of alkyl halides is 1. The third-order valence-electron chi connectivity index (χ3n) is 12.4. The summed E-state index contributed by atoms with van der Waals surface area (Å²) < 4.78 is 57.1. The highest BCUT2D eigenvalue weighted by Gasteiger charge is 2.41. The minimum Gasteiger partial charge on any atom is -0.483 e. The van der Waals surface area contributed by atoms with Crippen LogP contribution in [0.1, 0.15) is 68.8 Å². The van der Waals surface area contributed by atoms with E-state index in [0.29, 0.717) is 35.4 Å². The third-order valence-corrected chi connectivity index (χ3v) is 14.0. The van der Waals surface area contributed by atoms with Gasteiger partial charge in [0.2, 0.25) is 5.91 Å². The zero-order valence-electron chi connectivity index (χ0n) is 37.1. The van der Waals surface area contributed by atoms with Crippen LogP contribution < -0.4 is 19.1 Å². The molecule has 0 bridgehead atoms. The quantitative estimate of drug-likeness (QED) is 0.0713. The molecule has 0 unspecified atom stereocenters. The summed E-state index contributed by atoms with van der Waals surface area (Å²) in [6, 6.07) is 19.3. The van der Waals surface area contributed by atoms with Crippen LogP contribution in [0.25, 0.3) is 16.6 Å². The second-order valence-corrected chi connectivity index (χ2v) is 20.0. The third kappa shape index (κ3) is 11.0. The topological polar surface area (TPSA) is 180 Å². The maximum Gasteiger partial charge on any atom is 0.312 e. The molecule has 348 valence electrons. The predicted molar refractivity (Wildman–Crippen MR) is 250 cm³/mol. The van der Waals surface area contributed by atoms with Gasteiger partial charge in [-0.3, -0.25) is 24.6 Å². The van der Waals surface area contributed by atoms with Crippen LogP contribution >= 0.6 is 11.6 Å². The maximum atomic E-state index is 15.7. The molecule has 2 aliphatic heterocycles. The van der Waals surface area contributed by atoms with E-state index < -0.39 is 43.7 Å². The first-order chi connectivity index (χ1) is 31.5. The smallest absolute Gasteiger partial charge is 0.312 e. The van der Waals surface area contributed by atoms with Gasteiger partial charge in [-0.15, -0.1) is 0 Å². The van der Waals surface area contributed by atoms with Gasteiger partial charge in [-0.05, 0) is 91.8 Å². The van der Waals surface area contributed by atoms with Gasteiger partial charge in [-0.25, -0.2) is 22.5 Å². The van der Waals surface area contributed by atoms with Crippen molar-refractivity contribution in [3.63, 3.8) is 0 Å². The number of anilines is 1. The molecule has 3 aromatic carbocycles. The van der Waals surface area contributed by atoms with E-state index in [4.69, 9.17) is 21.1 Å². The summed E-state index contributed by atoms with van der Waals surface area (Å²) in [5, 5.41) is 13.6. The number of fused-ring (bicyclic) bond motifs is 1. The summed E-state index contributed by atoms with van der Waals surface area (Å²) in [5.41, 5.74) is 2.50. The lowest BCUT2D eigenvalue weighted by atomic mass is 9.92. The SMILES string of the molecule is C/C(CN1CCN(c2ccc(C(=O)NS(=O)(=O)c3ccc(OCC4(F)CCN(C(=O)C5CC5)CC4)c([N+](=O)[O-])c3)c(Oc3cnc4[nH]ccc4c3)c2)CC1)=C(\CC(C)C)c1ccc(Cl)cc1. The lowest BCUT2D eigenvalue weighted by Gasteiger charge is -2.37. The van der Waals surface area contributed by atoms with Crippen molar-refractivity contribution in [2.24, 2.45) is 11.8 Å². The summed E-state index contributed by atoms with van der Waals surface area (Å²) in [7, 11) is -4.70. The molecule has 1 saturated carbocycles. The summed E-state index contributed by atoms with van der Waals surface area (Å²) in [4.78, 5) is 50.8. The van der Waals surface area contributed by atoms with Crippen molar-refractivity contribution in [3.05, 3.63) is 117 Å². The van der Waals surface area contributed by atoms with Gasteiger partial charge in [0.05, 0.1) is 21.6 Å². The molecule has 2 amide bonds. The molecule has 2 saturated heterocycles. The number of halogens is 2. The molecule has 0 atom stereocenters. The van der Waals surface area contributed by atoms with Gasteiger partial charge in [0.1, 0.15) is 29.4 Å². The van der Waals surface area contributed by atoms with E-state index >= 15 is 4.39 Å². The molecule has 0 spiro atoms. The van der Waals surface area contributed by atoms with Gasteiger partial charge in [-0.2, -0.15) is 0 Å². The van der Waals surface area contributed by atoms with Gasteiger partial charge >= 0.3 is 5.69 Å². The first-order valence-corrected chi connectivity index (χ1v) is 24.0. The number of aromatic nitrogens is 2. The number of rotatable bonds is 16. The number of nitrogens with zero attached hydrogens (tertiary/aromatic N) is 5. The standard InChI is InChI=1S/C48H53ClFN7O8S/c1-31(2)24-41(33-6-8-36(49)9-7-33)32(3)29-54-20-22-55(23-21-54)37-10-12-40(44(26-37)65-38-25-35-14-17-51-45(35)52-28-38)46(58)53-66(62,63)39-11-13-43(42(27-39)57(60)61)64-30-48(50)15-18-56(19-16-48)47(59)34-4-5-34/h6-14,17,25-28,31,34H,4-5,15-16,18-24,29-30H2,1-3H3,(H,51,52)(H,53,58)/b41-32-. The number of H-pyrrole nitrogens is 1. The van der Waals surface area contributed by atoms with Gasteiger partial charge in [-0.1, -0.05) is 43.2 Å². The van der Waals surface area contributed by atoms with Crippen LogP contribution in [0.3, 0.4) is 0 Å². The number of pyridine rings is 1. The Bertz CT molecular complexity index is 2760. The van der Waals surface area contributed by atoms with Gasteiger partial charge < -0.3 is 24.3 Å². The molecular formula is C48H53ClFN7O8S. The Morgan fingerprint density at radius 1 is 0.985 bits per heavy atom. The minimum absolute atomic E-state index is 0.00167. The van der Waals surface area contributed by atoms with E-state index in [1.807, 2.05) is 22.9 Å². The van der Waals surface area contributed by atoms with E-state index in [1.54, 1.807) is 29.3 Å². The molecule has 66 heavy (non-hydrogen) atoms. The van der Waals surface area contributed by atoms with E-state index in [-0.39, 0.29) is 54.8 Å². The molecule has 15 nitrogen and oxygen atoms in total. The van der Waals surface area contributed by atoms with Crippen molar-refractivity contribution in [1.29, 1.82) is 0 Å². The Hall–Kier alpha value is -6.04. The number of amides is 2. The Balaban J connectivity index is 0.973. The van der Waals surface area contributed by atoms with Crippen LogP contribution in [-0.4, -0.2) is 103 Å². The number of allylic oxidation sites excluding steroid dienone is 1. The summed E-state index contributed by atoms with van der Waals surface area (Å²) in [6.07, 6.45) is 5.85. The summed E-state index contributed by atoms with van der Waals surface area (Å²) >= 11 is 6.20. The van der Waals surface area contributed by atoms with Gasteiger partial charge in [0.15, 0.2) is 5.75 Å². The Labute approximate surface area is 388 Å². The molecule has 8 rings (SSSR count). The number of carbonyl (C=O) groups excluding carboxylic acids is 2. The van der Waals surface area contributed by atoms with Gasteiger partial charge in [0.25, 0.3) is 15.9 Å². The number of likely N-dealkylation sites (tertiary alicyclic amines) is 1. The number of sulfonamides is 1. The van der Waals surface area contributed by atoms with Crippen molar-refractivity contribution in [3.8, 4) is 17.2 Å². The number of aromatic amines is 1. The number of nitro groups is 1. The fourth-order valence-corrected chi connectivity index (χ4v) is 9.62. The first-order valence-electron chi connectivity index (χ1n) is 22.2. The fourth-order valence-electron chi connectivity index (χ4n) is 8.51. The molecule has 3 fully saturated rings. The Kier molecular flexibility index (Phi) is 13.7. The molecule has 2 N–H and O–H groups in total. The van der Waals surface area contributed by atoms with Crippen LogP contribution in [0.15, 0.2) is 95.7 Å². The van der Waals surface area contributed by atoms with E-state index in [9.17, 15) is 28.1 Å². The number of piperazine rings is 1. The molecule has 1 aliphatic carbocycles. The fraction of sp³-hybridized carbons (Fsp3) is 0.396. The summed E-state index contributed by atoms with van der Waals surface area (Å²) in [6.45, 7) is 10.2. The number of carbonyl (C=O) groups is 2. The average Bonchev–Trinajstić information content (AvgIpc) is 4.04. The van der Waals surface area contributed by atoms with Gasteiger partial charge in [0, 0.05) is 99.0 Å². The second-order valence-electron chi connectivity index (χ2n) is 17.9. The van der Waals surface area contributed by atoms with Crippen LogP contribution in [0.2, 0.25) is 5.02 Å². The molecule has 0 radical (unpaired) electrons. The minimum atomic E-state index is -4.70. The number of hydrogen-bond donors (Lipinski definition) is 2. The second kappa shape index (κ2) is 19.4. The van der Waals surface area contributed by atoms with Crippen molar-refractivity contribution in [2.75, 3.05) is 57.3 Å². The lowest BCUT2D eigenvalue weighted by Crippen LogP contribution is -2.47. The van der Waals surface area contributed by atoms with Crippen LogP contribution in [0.5, 0.6) is 17.2 Å². The highest BCUT2D eigenvalue weighted by Crippen LogP contribution is 2.37. The monoisotopic (exact) mass is 941 g/mol. The molecule has 18 heteroatoms.